The molecule has 0 spiro atoms. The van der Waals surface area contributed by atoms with E-state index in [1.165, 1.54) is 6.07 Å². The third-order valence-corrected chi connectivity index (χ3v) is 4.74. The van der Waals surface area contributed by atoms with Gasteiger partial charge in [0, 0.05) is 18.2 Å². The summed E-state index contributed by atoms with van der Waals surface area (Å²) >= 11 is 0. The van der Waals surface area contributed by atoms with Gasteiger partial charge >= 0.3 is 0 Å². The Labute approximate surface area is 159 Å². The molecule has 0 bridgehead atoms. The van der Waals surface area contributed by atoms with Gasteiger partial charge in [0.05, 0.1) is 18.0 Å². The Kier molecular flexibility index (Phi) is 6.32. The van der Waals surface area contributed by atoms with Crippen LogP contribution in [-0.2, 0) is 6.54 Å². The summed E-state index contributed by atoms with van der Waals surface area (Å²) in [6, 6.07) is 21.3. The Bertz CT molecular complexity index is 863. The smallest absolute Gasteiger partial charge is 0.146 e. The lowest BCUT2D eigenvalue weighted by molar-refractivity contribution is 0.209. The lowest BCUT2D eigenvalue weighted by Crippen LogP contribution is -2.36. The number of aliphatic hydroxyl groups is 1. The molecule has 0 aliphatic heterocycles. The van der Waals surface area contributed by atoms with E-state index in [2.05, 4.69) is 22.4 Å². The standard InChI is InChI=1S/C23H25FN2O/c1-16(2)23(15-27)25-14-22-20(24)12-13-21(26-22)19-10-8-18(9-11-19)17-6-4-3-5-7-17/h3-13,16,23,25,27H,14-15H2,1-2H3/t23-/m0/s1. The van der Waals surface area contributed by atoms with Crippen molar-refractivity contribution in [2.75, 3.05) is 6.61 Å². The molecule has 3 nitrogen and oxygen atoms in total. The molecule has 0 amide bonds. The molecule has 0 saturated heterocycles. The van der Waals surface area contributed by atoms with Crippen LogP contribution in [0.1, 0.15) is 19.5 Å². The second-order valence-corrected chi connectivity index (χ2v) is 6.98. The van der Waals surface area contributed by atoms with Gasteiger partial charge in [-0.2, -0.15) is 0 Å². The average Bonchev–Trinajstić information content (AvgIpc) is 2.70. The van der Waals surface area contributed by atoms with Gasteiger partial charge in [0.25, 0.3) is 0 Å². The van der Waals surface area contributed by atoms with E-state index in [-0.39, 0.29) is 30.9 Å². The molecule has 0 unspecified atom stereocenters. The van der Waals surface area contributed by atoms with Crippen molar-refractivity contribution < 1.29 is 9.50 Å². The highest BCUT2D eigenvalue weighted by Crippen LogP contribution is 2.24. The third-order valence-electron chi connectivity index (χ3n) is 4.74. The van der Waals surface area contributed by atoms with Crippen molar-refractivity contribution in [3.63, 3.8) is 0 Å². The fourth-order valence-electron chi connectivity index (χ4n) is 2.97. The first-order valence-electron chi connectivity index (χ1n) is 9.24. The first-order chi connectivity index (χ1) is 13.1. The number of hydrogen-bond donors (Lipinski definition) is 2. The van der Waals surface area contributed by atoms with Crippen LogP contribution in [0.2, 0.25) is 0 Å². The minimum atomic E-state index is -0.340. The van der Waals surface area contributed by atoms with E-state index in [0.717, 1.165) is 22.4 Å². The molecule has 1 atom stereocenters. The number of rotatable bonds is 7. The molecular formula is C23H25FN2O. The Morgan fingerprint density at radius 2 is 1.52 bits per heavy atom. The van der Waals surface area contributed by atoms with E-state index in [9.17, 15) is 9.50 Å². The highest BCUT2D eigenvalue weighted by molar-refractivity contribution is 5.68. The maximum absolute atomic E-state index is 14.2. The van der Waals surface area contributed by atoms with Crippen LogP contribution in [-0.4, -0.2) is 22.7 Å². The van der Waals surface area contributed by atoms with Gasteiger partial charge in [0.1, 0.15) is 5.82 Å². The number of aliphatic hydroxyl groups excluding tert-OH is 1. The highest BCUT2D eigenvalue weighted by Gasteiger charge is 2.14. The second kappa shape index (κ2) is 8.89. The Morgan fingerprint density at radius 1 is 0.889 bits per heavy atom. The Morgan fingerprint density at radius 3 is 2.15 bits per heavy atom. The second-order valence-electron chi connectivity index (χ2n) is 6.98. The minimum Gasteiger partial charge on any atom is -0.395 e. The SMILES string of the molecule is CC(C)[C@H](CO)NCc1nc(-c2ccc(-c3ccccc3)cc2)ccc1F. The molecule has 1 aromatic heterocycles. The van der Waals surface area contributed by atoms with Crippen LogP contribution in [0.15, 0.2) is 66.7 Å². The average molecular weight is 364 g/mol. The topological polar surface area (TPSA) is 45.1 Å². The predicted octanol–water partition coefficient (Wildman–Crippen LogP) is 4.66. The lowest BCUT2D eigenvalue weighted by Gasteiger charge is -2.20. The van der Waals surface area contributed by atoms with Crippen molar-refractivity contribution in [1.29, 1.82) is 0 Å². The van der Waals surface area contributed by atoms with Gasteiger partial charge in [-0.25, -0.2) is 9.37 Å². The van der Waals surface area contributed by atoms with Crippen molar-refractivity contribution in [1.82, 2.24) is 10.3 Å². The summed E-state index contributed by atoms with van der Waals surface area (Å²) in [5, 5.41) is 12.6. The normalized spacial score (nSPS) is 12.3. The van der Waals surface area contributed by atoms with E-state index in [1.807, 2.05) is 56.3 Å². The van der Waals surface area contributed by atoms with Gasteiger partial charge in [0.15, 0.2) is 0 Å². The number of pyridine rings is 1. The maximum Gasteiger partial charge on any atom is 0.146 e. The monoisotopic (exact) mass is 364 g/mol. The lowest BCUT2D eigenvalue weighted by atomic mass is 10.0. The molecule has 1 heterocycles. The summed E-state index contributed by atoms with van der Waals surface area (Å²) in [6.07, 6.45) is 0. The summed E-state index contributed by atoms with van der Waals surface area (Å²) in [4.78, 5) is 4.49. The molecule has 0 aliphatic rings. The minimum absolute atomic E-state index is 0.0138. The van der Waals surface area contributed by atoms with Crippen molar-refractivity contribution in [3.8, 4) is 22.4 Å². The van der Waals surface area contributed by atoms with Gasteiger partial charge < -0.3 is 10.4 Å². The highest BCUT2D eigenvalue weighted by atomic mass is 19.1. The molecule has 3 aromatic rings. The zero-order valence-corrected chi connectivity index (χ0v) is 15.7. The number of nitrogens with one attached hydrogen (secondary N) is 1. The van der Waals surface area contributed by atoms with E-state index in [1.54, 1.807) is 6.07 Å². The molecule has 2 aromatic carbocycles. The number of benzene rings is 2. The summed E-state index contributed by atoms with van der Waals surface area (Å²) in [6.45, 7) is 4.33. The third kappa shape index (κ3) is 4.79. The molecule has 4 heteroatoms. The first-order valence-corrected chi connectivity index (χ1v) is 9.24. The quantitative estimate of drug-likeness (QED) is 0.641. The molecule has 0 radical (unpaired) electrons. The number of hydrogen-bond acceptors (Lipinski definition) is 3. The molecule has 27 heavy (non-hydrogen) atoms. The Balaban J connectivity index is 1.79. The van der Waals surface area contributed by atoms with Crippen LogP contribution < -0.4 is 5.32 Å². The van der Waals surface area contributed by atoms with Crippen LogP contribution >= 0.6 is 0 Å². The van der Waals surface area contributed by atoms with E-state index >= 15 is 0 Å². The van der Waals surface area contributed by atoms with E-state index < -0.39 is 0 Å². The van der Waals surface area contributed by atoms with Crippen molar-refractivity contribution in [2.24, 2.45) is 5.92 Å². The molecule has 0 saturated carbocycles. The number of nitrogens with zero attached hydrogens (tertiary/aromatic N) is 1. The van der Waals surface area contributed by atoms with Gasteiger partial charge in [-0.3, -0.25) is 0 Å². The molecule has 140 valence electrons. The summed E-state index contributed by atoms with van der Waals surface area (Å²) in [5.74, 6) is -0.0839. The van der Waals surface area contributed by atoms with Crippen molar-refractivity contribution >= 4 is 0 Å². The van der Waals surface area contributed by atoms with Crippen molar-refractivity contribution in [2.45, 2.75) is 26.4 Å². The van der Waals surface area contributed by atoms with E-state index in [0.29, 0.717) is 5.69 Å². The molecule has 0 fully saturated rings. The molecule has 0 aliphatic carbocycles. The zero-order chi connectivity index (χ0) is 19.2. The van der Waals surface area contributed by atoms with Gasteiger partial charge in [-0.05, 0) is 29.2 Å². The molecule has 3 rings (SSSR count). The maximum atomic E-state index is 14.2. The van der Waals surface area contributed by atoms with Gasteiger partial charge in [-0.15, -0.1) is 0 Å². The number of halogens is 1. The van der Waals surface area contributed by atoms with Crippen LogP contribution in [0.5, 0.6) is 0 Å². The molecular weight excluding hydrogens is 339 g/mol. The summed E-state index contributed by atoms with van der Waals surface area (Å²) in [5.41, 5.74) is 4.32. The predicted molar refractivity (Wildman–Crippen MR) is 108 cm³/mol. The summed E-state index contributed by atoms with van der Waals surface area (Å²) < 4.78 is 14.2. The van der Waals surface area contributed by atoms with Crippen LogP contribution in [0, 0.1) is 11.7 Å². The largest absolute Gasteiger partial charge is 0.395 e. The van der Waals surface area contributed by atoms with E-state index in [4.69, 9.17) is 0 Å². The van der Waals surface area contributed by atoms with Gasteiger partial charge in [-0.1, -0.05) is 68.4 Å². The molecule has 2 N–H and O–H groups in total. The van der Waals surface area contributed by atoms with Crippen LogP contribution in [0.25, 0.3) is 22.4 Å². The van der Waals surface area contributed by atoms with Gasteiger partial charge in [0.2, 0.25) is 0 Å². The number of aromatic nitrogens is 1. The summed E-state index contributed by atoms with van der Waals surface area (Å²) in [7, 11) is 0. The van der Waals surface area contributed by atoms with Crippen LogP contribution in [0.4, 0.5) is 4.39 Å². The zero-order valence-electron chi connectivity index (χ0n) is 15.7. The fourth-order valence-corrected chi connectivity index (χ4v) is 2.97. The Hall–Kier alpha value is -2.56. The first kappa shape index (κ1) is 19.2. The van der Waals surface area contributed by atoms with Crippen LogP contribution in [0.3, 0.4) is 0 Å². The van der Waals surface area contributed by atoms with Crippen molar-refractivity contribution in [3.05, 3.63) is 78.2 Å². The fraction of sp³-hybridized carbons (Fsp3) is 0.261.